The molecule has 0 radical (unpaired) electrons. The SMILES string of the molecule is OCCC(C1CCC1)C1CCCNC1. The van der Waals surface area contributed by atoms with Crippen molar-refractivity contribution in [3.05, 3.63) is 0 Å². The lowest BCUT2D eigenvalue weighted by Crippen LogP contribution is -2.39. The largest absolute Gasteiger partial charge is 0.396 e. The van der Waals surface area contributed by atoms with Gasteiger partial charge in [0.1, 0.15) is 0 Å². The van der Waals surface area contributed by atoms with Gasteiger partial charge in [-0.05, 0) is 50.1 Å². The molecule has 2 aliphatic rings. The molecule has 82 valence electrons. The molecule has 0 aromatic rings. The van der Waals surface area contributed by atoms with Crippen molar-refractivity contribution in [2.75, 3.05) is 19.7 Å². The number of hydrogen-bond donors (Lipinski definition) is 2. The maximum atomic E-state index is 9.12. The third-order valence-corrected chi connectivity index (χ3v) is 4.16. The van der Waals surface area contributed by atoms with Crippen LogP contribution in [0.4, 0.5) is 0 Å². The molecule has 2 unspecified atom stereocenters. The number of nitrogens with one attached hydrogen (secondary N) is 1. The normalized spacial score (nSPS) is 31.1. The third-order valence-electron chi connectivity index (χ3n) is 4.16. The fourth-order valence-electron chi connectivity index (χ4n) is 3.12. The Bertz CT molecular complexity index is 162. The van der Waals surface area contributed by atoms with Gasteiger partial charge in [0.2, 0.25) is 0 Å². The van der Waals surface area contributed by atoms with Crippen LogP contribution in [-0.4, -0.2) is 24.8 Å². The van der Waals surface area contributed by atoms with Crippen LogP contribution < -0.4 is 5.32 Å². The van der Waals surface area contributed by atoms with Crippen molar-refractivity contribution in [3.8, 4) is 0 Å². The van der Waals surface area contributed by atoms with Gasteiger partial charge in [0.15, 0.2) is 0 Å². The Labute approximate surface area is 87.1 Å². The summed E-state index contributed by atoms with van der Waals surface area (Å²) >= 11 is 0. The summed E-state index contributed by atoms with van der Waals surface area (Å²) < 4.78 is 0. The molecular formula is C12H23NO. The van der Waals surface area contributed by atoms with Crippen molar-refractivity contribution in [2.24, 2.45) is 17.8 Å². The zero-order valence-corrected chi connectivity index (χ0v) is 9.04. The van der Waals surface area contributed by atoms with Crippen LogP contribution in [0.1, 0.15) is 38.5 Å². The van der Waals surface area contributed by atoms with Crippen LogP contribution in [-0.2, 0) is 0 Å². The molecule has 0 amide bonds. The van der Waals surface area contributed by atoms with Crippen molar-refractivity contribution in [1.29, 1.82) is 0 Å². The third kappa shape index (κ3) is 2.29. The second-order valence-corrected chi connectivity index (χ2v) is 4.97. The van der Waals surface area contributed by atoms with Gasteiger partial charge in [-0.3, -0.25) is 0 Å². The minimum atomic E-state index is 0.387. The molecule has 14 heavy (non-hydrogen) atoms. The highest BCUT2D eigenvalue weighted by Crippen LogP contribution is 2.40. The summed E-state index contributed by atoms with van der Waals surface area (Å²) in [4.78, 5) is 0. The standard InChI is InChI=1S/C12H23NO/c14-8-6-12(10-3-1-4-10)11-5-2-7-13-9-11/h10-14H,1-9H2. The molecule has 1 saturated heterocycles. The molecule has 2 heteroatoms. The molecule has 0 aromatic heterocycles. The average molecular weight is 197 g/mol. The summed E-state index contributed by atoms with van der Waals surface area (Å²) in [7, 11) is 0. The highest BCUT2D eigenvalue weighted by Gasteiger charge is 2.33. The van der Waals surface area contributed by atoms with Gasteiger partial charge in [0, 0.05) is 6.61 Å². The first kappa shape index (κ1) is 10.4. The Hall–Kier alpha value is -0.0800. The Morgan fingerprint density at radius 1 is 1.14 bits per heavy atom. The highest BCUT2D eigenvalue weighted by molar-refractivity contribution is 4.85. The van der Waals surface area contributed by atoms with E-state index in [1.54, 1.807) is 0 Å². The molecule has 2 fully saturated rings. The fraction of sp³-hybridized carbons (Fsp3) is 1.00. The Morgan fingerprint density at radius 3 is 2.43 bits per heavy atom. The van der Waals surface area contributed by atoms with Gasteiger partial charge in [-0.25, -0.2) is 0 Å². The predicted octanol–water partition coefficient (Wildman–Crippen LogP) is 1.78. The summed E-state index contributed by atoms with van der Waals surface area (Å²) in [5.41, 5.74) is 0. The van der Waals surface area contributed by atoms with Gasteiger partial charge in [-0.1, -0.05) is 19.3 Å². The summed E-state index contributed by atoms with van der Waals surface area (Å²) in [6.07, 6.45) is 8.01. The molecular weight excluding hydrogens is 174 g/mol. The van der Waals surface area contributed by atoms with Crippen LogP contribution in [0.15, 0.2) is 0 Å². The van der Waals surface area contributed by atoms with E-state index < -0.39 is 0 Å². The monoisotopic (exact) mass is 197 g/mol. The van der Waals surface area contributed by atoms with Gasteiger partial charge in [-0.15, -0.1) is 0 Å². The summed E-state index contributed by atoms with van der Waals surface area (Å²) in [6, 6.07) is 0. The van der Waals surface area contributed by atoms with Gasteiger partial charge >= 0.3 is 0 Å². The number of hydrogen-bond acceptors (Lipinski definition) is 2. The summed E-state index contributed by atoms with van der Waals surface area (Å²) in [5.74, 6) is 2.59. The van der Waals surface area contributed by atoms with Crippen molar-refractivity contribution < 1.29 is 5.11 Å². The lowest BCUT2D eigenvalue weighted by atomic mass is 9.68. The van der Waals surface area contributed by atoms with E-state index >= 15 is 0 Å². The van der Waals surface area contributed by atoms with E-state index in [0.29, 0.717) is 6.61 Å². The van der Waals surface area contributed by atoms with Crippen LogP contribution in [0.25, 0.3) is 0 Å². The van der Waals surface area contributed by atoms with E-state index in [1.165, 1.54) is 45.2 Å². The van der Waals surface area contributed by atoms with Crippen molar-refractivity contribution >= 4 is 0 Å². The smallest absolute Gasteiger partial charge is 0.0433 e. The van der Waals surface area contributed by atoms with Crippen LogP contribution in [0.5, 0.6) is 0 Å². The maximum absolute atomic E-state index is 9.12. The van der Waals surface area contributed by atoms with Crippen LogP contribution in [0.2, 0.25) is 0 Å². The van der Waals surface area contributed by atoms with E-state index in [4.69, 9.17) is 5.11 Å². The minimum Gasteiger partial charge on any atom is -0.396 e. The zero-order valence-electron chi connectivity index (χ0n) is 9.04. The Morgan fingerprint density at radius 2 is 1.93 bits per heavy atom. The van der Waals surface area contributed by atoms with Crippen molar-refractivity contribution in [1.82, 2.24) is 5.32 Å². The second kappa shape index (κ2) is 5.13. The van der Waals surface area contributed by atoms with E-state index in [1.807, 2.05) is 0 Å². The topological polar surface area (TPSA) is 32.3 Å². The first-order chi connectivity index (χ1) is 6.92. The van der Waals surface area contributed by atoms with Crippen LogP contribution in [0.3, 0.4) is 0 Å². The molecule has 0 bridgehead atoms. The minimum absolute atomic E-state index is 0.387. The quantitative estimate of drug-likeness (QED) is 0.720. The molecule has 1 aliphatic carbocycles. The lowest BCUT2D eigenvalue weighted by molar-refractivity contribution is 0.0955. The van der Waals surface area contributed by atoms with E-state index in [9.17, 15) is 0 Å². The number of aliphatic hydroxyl groups is 1. The number of piperidine rings is 1. The molecule has 0 spiro atoms. The molecule has 1 saturated carbocycles. The first-order valence-corrected chi connectivity index (χ1v) is 6.23. The molecule has 2 atom stereocenters. The molecule has 0 aromatic carbocycles. The maximum Gasteiger partial charge on any atom is 0.0433 e. The average Bonchev–Trinajstić information content (AvgIpc) is 2.16. The molecule has 1 aliphatic heterocycles. The van der Waals surface area contributed by atoms with Crippen molar-refractivity contribution in [3.63, 3.8) is 0 Å². The van der Waals surface area contributed by atoms with E-state index in [0.717, 1.165) is 24.2 Å². The highest BCUT2D eigenvalue weighted by atomic mass is 16.3. The first-order valence-electron chi connectivity index (χ1n) is 6.23. The molecule has 2 N–H and O–H groups in total. The van der Waals surface area contributed by atoms with Crippen molar-refractivity contribution in [2.45, 2.75) is 38.5 Å². The van der Waals surface area contributed by atoms with E-state index in [-0.39, 0.29) is 0 Å². The molecule has 2 rings (SSSR count). The second-order valence-electron chi connectivity index (χ2n) is 4.97. The Balaban J connectivity index is 1.86. The summed E-state index contributed by atoms with van der Waals surface area (Å²) in [6.45, 7) is 2.78. The zero-order chi connectivity index (χ0) is 9.80. The van der Waals surface area contributed by atoms with Gasteiger partial charge < -0.3 is 10.4 Å². The molecule has 1 heterocycles. The number of rotatable bonds is 4. The number of aliphatic hydroxyl groups excluding tert-OH is 1. The van der Waals surface area contributed by atoms with Gasteiger partial charge in [-0.2, -0.15) is 0 Å². The van der Waals surface area contributed by atoms with E-state index in [2.05, 4.69) is 5.32 Å². The molecule has 2 nitrogen and oxygen atoms in total. The predicted molar refractivity (Wildman–Crippen MR) is 58.1 cm³/mol. The fourth-order valence-corrected chi connectivity index (χ4v) is 3.12. The van der Waals surface area contributed by atoms with Gasteiger partial charge in [0.05, 0.1) is 0 Å². The van der Waals surface area contributed by atoms with Gasteiger partial charge in [0.25, 0.3) is 0 Å². The van der Waals surface area contributed by atoms with Crippen LogP contribution in [0, 0.1) is 17.8 Å². The summed E-state index contributed by atoms with van der Waals surface area (Å²) in [5, 5.41) is 12.6. The lowest BCUT2D eigenvalue weighted by Gasteiger charge is -2.40. The van der Waals surface area contributed by atoms with Crippen LogP contribution >= 0.6 is 0 Å². The Kier molecular flexibility index (Phi) is 3.82.